The molecule has 0 unspecified atom stereocenters. The maximum absolute atomic E-state index is 9.30. The van der Waals surface area contributed by atoms with Crippen LogP contribution >= 0.6 is 0 Å². The molecule has 0 fully saturated rings. The third-order valence-electron chi connectivity index (χ3n) is 3.32. The average Bonchev–Trinajstić information content (AvgIpc) is 2.45. The van der Waals surface area contributed by atoms with Crippen molar-refractivity contribution in [1.29, 1.82) is 5.26 Å². The van der Waals surface area contributed by atoms with E-state index in [1.54, 1.807) is 12.4 Å². The summed E-state index contributed by atoms with van der Waals surface area (Å²) in [5.41, 5.74) is 4.58. The van der Waals surface area contributed by atoms with E-state index in [2.05, 4.69) is 20.9 Å². The number of nitrogens with zero attached hydrogens (tertiary/aromatic N) is 4. The first-order valence-corrected chi connectivity index (χ1v) is 6.60. The molecule has 0 aliphatic carbocycles. The topological polar surface area (TPSA) is 52.8 Å². The SMILES string of the molecule is Cc1cc(N(C)CCc2ccncc2)c(C#N)c(C)n1. The number of hydrogen-bond acceptors (Lipinski definition) is 4. The van der Waals surface area contributed by atoms with Gasteiger partial charge in [0.2, 0.25) is 0 Å². The maximum Gasteiger partial charge on any atom is 0.103 e. The lowest BCUT2D eigenvalue weighted by Gasteiger charge is -2.21. The van der Waals surface area contributed by atoms with E-state index >= 15 is 0 Å². The lowest BCUT2D eigenvalue weighted by molar-refractivity contribution is 0.868. The minimum Gasteiger partial charge on any atom is -0.373 e. The molecule has 0 bridgehead atoms. The van der Waals surface area contributed by atoms with Gasteiger partial charge >= 0.3 is 0 Å². The summed E-state index contributed by atoms with van der Waals surface area (Å²) in [6.45, 7) is 4.68. The van der Waals surface area contributed by atoms with E-state index in [9.17, 15) is 5.26 Å². The van der Waals surface area contributed by atoms with Crippen molar-refractivity contribution in [3.8, 4) is 6.07 Å². The van der Waals surface area contributed by atoms with Crippen LogP contribution in [0, 0.1) is 25.2 Å². The number of aryl methyl sites for hydroxylation is 2. The number of nitriles is 1. The molecule has 0 amide bonds. The lowest BCUT2D eigenvalue weighted by Crippen LogP contribution is -2.22. The first kappa shape index (κ1) is 14.0. The molecule has 2 aromatic heterocycles. The van der Waals surface area contributed by atoms with Gasteiger partial charge in [-0.2, -0.15) is 5.26 Å². The third kappa shape index (κ3) is 3.12. The van der Waals surface area contributed by atoms with Crippen molar-refractivity contribution < 1.29 is 0 Å². The van der Waals surface area contributed by atoms with Crippen LogP contribution in [0.25, 0.3) is 0 Å². The molecule has 4 nitrogen and oxygen atoms in total. The van der Waals surface area contributed by atoms with E-state index in [-0.39, 0.29) is 0 Å². The minimum absolute atomic E-state index is 0.660. The van der Waals surface area contributed by atoms with E-state index in [0.29, 0.717) is 5.56 Å². The fourth-order valence-corrected chi connectivity index (χ4v) is 2.21. The molecule has 20 heavy (non-hydrogen) atoms. The predicted octanol–water partition coefficient (Wildman–Crippen LogP) is 2.64. The van der Waals surface area contributed by atoms with E-state index in [4.69, 9.17) is 0 Å². The molecule has 2 aromatic rings. The Balaban J connectivity index is 2.17. The van der Waals surface area contributed by atoms with Crippen LogP contribution in [0.4, 0.5) is 5.69 Å². The summed E-state index contributed by atoms with van der Waals surface area (Å²) < 4.78 is 0. The molecular formula is C16H18N4. The van der Waals surface area contributed by atoms with Gasteiger partial charge in [-0.05, 0) is 44.0 Å². The first-order chi connectivity index (χ1) is 9.61. The Morgan fingerprint density at radius 2 is 1.95 bits per heavy atom. The van der Waals surface area contributed by atoms with Crippen LogP contribution in [-0.4, -0.2) is 23.6 Å². The molecule has 2 rings (SSSR count). The highest BCUT2D eigenvalue weighted by atomic mass is 15.1. The Labute approximate surface area is 119 Å². The highest BCUT2D eigenvalue weighted by molar-refractivity contribution is 5.61. The highest BCUT2D eigenvalue weighted by Crippen LogP contribution is 2.22. The van der Waals surface area contributed by atoms with Crippen LogP contribution in [0.5, 0.6) is 0 Å². The Hall–Kier alpha value is -2.41. The summed E-state index contributed by atoms with van der Waals surface area (Å²) in [7, 11) is 2.01. The summed E-state index contributed by atoms with van der Waals surface area (Å²) in [5.74, 6) is 0. The summed E-state index contributed by atoms with van der Waals surface area (Å²) >= 11 is 0. The number of anilines is 1. The minimum atomic E-state index is 0.660. The van der Waals surface area contributed by atoms with Crippen molar-refractivity contribution in [3.63, 3.8) is 0 Å². The molecule has 0 radical (unpaired) electrons. The van der Waals surface area contributed by atoms with Crippen LogP contribution in [0.2, 0.25) is 0 Å². The Morgan fingerprint density at radius 3 is 2.60 bits per heavy atom. The Morgan fingerprint density at radius 1 is 1.25 bits per heavy atom. The van der Waals surface area contributed by atoms with Gasteiger partial charge in [0, 0.05) is 31.7 Å². The summed E-state index contributed by atoms with van der Waals surface area (Å²) in [4.78, 5) is 10.5. The number of hydrogen-bond donors (Lipinski definition) is 0. The van der Waals surface area contributed by atoms with Gasteiger partial charge in [0.05, 0.1) is 16.9 Å². The molecule has 0 aliphatic rings. The van der Waals surface area contributed by atoms with Crippen molar-refractivity contribution in [3.05, 3.63) is 53.1 Å². The second-order valence-electron chi connectivity index (χ2n) is 4.88. The van der Waals surface area contributed by atoms with Crippen LogP contribution in [0.1, 0.15) is 22.5 Å². The first-order valence-electron chi connectivity index (χ1n) is 6.60. The molecule has 0 N–H and O–H groups in total. The molecule has 0 atom stereocenters. The van der Waals surface area contributed by atoms with Gasteiger partial charge in [0.1, 0.15) is 6.07 Å². The fraction of sp³-hybridized carbons (Fsp3) is 0.312. The van der Waals surface area contributed by atoms with Crippen LogP contribution in [0.3, 0.4) is 0 Å². The smallest absolute Gasteiger partial charge is 0.103 e. The summed E-state index contributed by atoms with van der Waals surface area (Å²) in [6, 6.07) is 8.26. The van der Waals surface area contributed by atoms with E-state index < -0.39 is 0 Å². The molecule has 0 aliphatic heterocycles. The van der Waals surface area contributed by atoms with Crippen molar-refractivity contribution >= 4 is 5.69 Å². The normalized spacial score (nSPS) is 10.1. The molecular weight excluding hydrogens is 248 g/mol. The van der Waals surface area contributed by atoms with Gasteiger partial charge in [0.15, 0.2) is 0 Å². The number of likely N-dealkylation sites (N-methyl/N-ethyl adjacent to an activating group) is 1. The zero-order valence-electron chi connectivity index (χ0n) is 12.1. The molecule has 0 aromatic carbocycles. The molecule has 0 saturated carbocycles. The van der Waals surface area contributed by atoms with E-state index in [0.717, 1.165) is 30.0 Å². The van der Waals surface area contributed by atoms with Crippen LogP contribution < -0.4 is 4.90 Å². The fourth-order valence-electron chi connectivity index (χ4n) is 2.21. The van der Waals surface area contributed by atoms with Gasteiger partial charge in [-0.25, -0.2) is 0 Å². The molecule has 0 saturated heterocycles. The predicted molar refractivity (Wildman–Crippen MR) is 79.6 cm³/mol. The van der Waals surface area contributed by atoms with Crippen molar-refractivity contribution in [2.45, 2.75) is 20.3 Å². The maximum atomic E-state index is 9.30. The summed E-state index contributed by atoms with van der Waals surface area (Å²) in [5, 5.41) is 9.30. The average molecular weight is 266 g/mol. The second kappa shape index (κ2) is 6.16. The number of aromatic nitrogens is 2. The van der Waals surface area contributed by atoms with E-state index in [1.807, 2.05) is 39.1 Å². The lowest BCUT2D eigenvalue weighted by atomic mass is 10.1. The van der Waals surface area contributed by atoms with Gasteiger partial charge in [-0.1, -0.05) is 0 Å². The number of pyridine rings is 2. The largest absolute Gasteiger partial charge is 0.373 e. The van der Waals surface area contributed by atoms with Crippen LogP contribution in [0.15, 0.2) is 30.6 Å². The summed E-state index contributed by atoms with van der Waals surface area (Å²) in [6.07, 6.45) is 4.53. The zero-order chi connectivity index (χ0) is 14.5. The highest BCUT2D eigenvalue weighted by Gasteiger charge is 2.11. The van der Waals surface area contributed by atoms with E-state index in [1.165, 1.54) is 5.56 Å². The Bertz CT molecular complexity index is 629. The van der Waals surface area contributed by atoms with Gasteiger partial charge < -0.3 is 4.90 Å². The van der Waals surface area contributed by atoms with Crippen LogP contribution in [-0.2, 0) is 6.42 Å². The molecule has 4 heteroatoms. The van der Waals surface area contributed by atoms with Gasteiger partial charge in [0.25, 0.3) is 0 Å². The Kier molecular flexibility index (Phi) is 4.31. The van der Waals surface area contributed by atoms with Gasteiger partial charge in [-0.15, -0.1) is 0 Å². The molecule has 0 spiro atoms. The third-order valence-corrected chi connectivity index (χ3v) is 3.32. The van der Waals surface area contributed by atoms with Crippen molar-refractivity contribution in [2.24, 2.45) is 0 Å². The standard InChI is InChI=1S/C16H18N4/c1-12-10-16(15(11-17)13(2)19-12)20(3)9-6-14-4-7-18-8-5-14/h4-5,7-8,10H,6,9H2,1-3H3. The quantitative estimate of drug-likeness (QED) is 0.853. The van der Waals surface area contributed by atoms with Crippen molar-refractivity contribution in [2.75, 3.05) is 18.5 Å². The second-order valence-corrected chi connectivity index (χ2v) is 4.88. The zero-order valence-corrected chi connectivity index (χ0v) is 12.1. The number of rotatable bonds is 4. The monoisotopic (exact) mass is 266 g/mol. The molecule has 2 heterocycles. The molecule has 102 valence electrons. The van der Waals surface area contributed by atoms with Gasteiger partial charge in [-0.3, -0.25) is 9.97 Å². The van der Waals surface area contributed by atoms with Crippen molar-refractivity contribution in [1.82, 2.24) is 9.97 Å².